The Hall–Kier alpha value is -3.93. The minimum atomic E-state index is -0.491. The zero-order valence-electron chi connectivity index (χ0n) is 21.2. The third kappa shape index (κ3) is 4.51. The zero-order valence-corrected chi connectivity index (χ0v) is 21.2. The van der Waals surface area contributed by atoms with Crippen LogP contribution < -0.4 is 4.74 Å². The Morgan fingerprint density at radius 2 is 1.69 bits per heavy atom. The van der Waals surface area contributed by atoms with E-state index in [9.17, 15) is 14.0 Å². The number of hydrogen-bond donors (Lipinski definition) is 0. The number of esters is 1. The average molecular weight is 489 g/mol. The highest BCUT2D eigenvalue weighted by Crippen LogP contribution is 2.40. The van der Waals surface area contributed by atoms with E-state index in [0.29, 0.717) is 45.6 Å². The quantitative estimate of drug-likeness (QED) is 0.189. The Kier molecular flexibility index (Phi) is 7.25. The molecule has 3 aromatic carbocycles. The van der Waals surface area contributed by atoms with Gasteiger partial charge in [-0.15, -0.1) is 0 Å². The van der Waals surface area contributed by atoms with Crippen molar-refractivity contribution in [1.29, 1.82) is 0 Å². The van der Waals surface area contributed by atoms with Gasteiger partial charge in [0.25, 0.3) is 0 Å². The summed E-state index contributed by atoms with van der Waals surface area (Å²) in [5.41, 5.74) is 5.74. The first-order chi connectivity index (χ1) is 17.3. The highest BCUT2D eigenvalue weighted by atomic mass is 19.1. The lowest BCUT2D eigenvalue weighted by atomic mass is 9.89. The van der Waals surface area contributed by atoms with Crippen molar-refractivity contribution in [3.63, 3.8) is 0 Å². The Morgan fingerprint density at radius 3 is 2.31 bits per heavy atom. The number of methoxy groups -OCH3 is 2. The Bertz CT molecular complexity index is 1450. The smallest absolute Gasteiger partial charge is 0.341 e. The fourth-order valence-electron chi connectivity index (χ4n) is 4.58. The van der Waals surface area contributed by atoms with Crippen molar-refractivity contribution < 1.29 is 27.9 Å². The summed E-state index contributed by atoms with van der Waals surface area (Å²) in [5, 5.41) is 0.686. The lowest BCUT2D eigenvalue weighted by Gasteiger charge is -2.16. The Morgan fingerprint density at radius 1 is 0.972 bits per heavy atom. The molecule has 0 N–H and O–H groups in total. The number of fused-ring (bicyclic) bond motifs is 1. The molecule has 0 bridgehead atoms. The van der Waals surface area contributed by atoms with Gasteiger partial charge in [0, 0.05) is 17.4 Å². The first kappa shape index (κ1) is 25.2. The molecule has 0 amide bonds. The molecule has 6 heteroatoms. The van der Waals surface area contributed by atoms with Gasteiger partial charge in [0.05, 0.1) is 19.8 Å². The maximum absolute atomic E-state index is 13.6. The van der Waals surface area contributed by atoms with E-state index in [0.717, 1.165) is 35.1 Å². The van der Waals surface area contributed by atoms with Crippen LogP contribution in [0.5, 0.6) is 5.75 Å². The first-order valence-electron chi connectivity index (χ1n) is 12.0. The monoisotopic (exact) mass is 488 g/mol. The largest absolute Gasteiger partial charge is 0.496 e. The van der Waals surface area contributed by atoms with Crippen LogP contribution >= 0.6 is 0 Å². The number of halogens is 1. The second kappa shape index (κ2) is 10.4. The normalized spacial score (nSPS) is 11.1. The number of ether oxygens (including phenoxy) is 2. The van der Waals surface area contributed by atoms with Gasteiger partial charge >= 0.3 is 5.97 Å². The van der Waals surface area contributed by atoms with Gasteiger partial charge in [0.1, 0.15) is 28.5 Å². The van der Waals surface area contributed by atoms with Gasteiger partial charge in [0.2, 0.25) is 0 Å². The molecule has 0 atom stereocenters. The van der Waals surface area contributed by atoms with Gasteiger partial charge in [-0.25, -0.2) is 9.18 Å². The molecule has 0 aliphatic rings. The van der Waals surface area contributed by atoms with Crippen LogP contribution in [0.25, 0.3) is 33.4 Å². The fourth-order valence-corrected chi connectivity index (χ4v) is 4.58. The minimum Gasteiger partial charge on any atom is -0.496 e. The summed E-state index contributed by atoms with van der Waals surface area (Å²) in [6, 6.07) is 13.5. The molecule has 0 radical (unpaired) electrons. The SMILES string of the molecule is CCCc1cc2oc(-c3ccc(F)cc3)c(C(=O)CC)c2cc1-c1cc(C(=O)OC)c(OC)cc1C. The van der Waals surface area contributed by atoms with Crippen LogP contribution in [-0.4, -0.2) is 26.0 Å². The highest BCUT2D eigenvalue weighted by molar-refractivity contribution is 6.13. The third-order valence-electron chi connectivity index (χ3n) is 6.38. The van der Waals surface area contributed by atoms with Crippen molar-refractivity contribution in [1.82, 2.24) is 0 Å². The van der Waals surface area contributed by atoms with E-state index < -0.39 is 5.97 Å². The summed E-state index contributed by atoms with van der Waals surface area (Å²) in [4.78, 5) is 25.6. The summed E-state index contributed by atoms with van der Waals surface area (Å²) in [6.45, 7) is 5.85. The van der Waals surface area contributed by atoms with E-state index in [1.165, 1.54) is 26.4 Å². The van der Waals surface area contributed by atoms with Gasteiger partial charge in [-0.2, -0.15) is 0 Å². The number of aryl methyl sites for hydroxylation is 2. The molecule has 1 heterocycles. The van der Waals surface area contributed by atoms with E-state index in [2.05, 4.69) is 6.92 Å². The number of benzene rings is 3. The molecule has 4 rings (SSSR count). The van der Waals surface area contributed by atoms with Crippen LogP contribution in [-0.2, 0) is 11.2 Å². The third-order valence-corrected chi connectivity index (χ3v) is 6.38. The number of hydrogen-bond acceptors (Lipinski definition) is 5. The molecule has 5 nitrogen and oxygen atoms in total. The van der Waals surface area contributed by atoms with Gasteiger partial charge in [-0.1, -0.05) is 20.3 Å². The summed E-state index contributed by atoms with van der Waals surface area (Å²) in [6.07, 6.45) is 1.96. The predicted molar refractivity (Wildman–Crippen MR) is 138 cm³/mol. The van der Waals surface area contributed by atoms with Crippen molar-refractivity contribution in [3.05, 3.63) is 76.6 Å². The maximum Gasteiger partial charge on any atom is 0.341 e. The van der Waals surface area contributed by atoms with E-state index in [-0.39, 0.29) is 11.6 Å². The molecule has 186 valence electrons. The van der Waals surface area contributed by atoms with Crippen LogP contribution in [0.3, 0.4) is 0 Å². The summed E-state index contributed by atoms with van der Waals surface area (Å²) in [7, 11) is 2.85. The number of rotatable bonds is 8. The van der Waals surface area contributed by atoms with Crippen molar-refractivity contribution in [3.8, 4) is 28.2 Å². The molecule has 0 aliphatic carbocycles. The van der Waals surface area contributed by atoms with Gasteiger partial charge in [-0.3, -0.25) is 4.79 Å². The van der Waals surface area contributed by atoms with Gasteiger partial charge in [0.15, 0.2) is 5.78 Å². The van der Waals surface area contributed by atoms with Crippen molar-refractivity contribution >= 4 is 22.7 Å². The summed E-state index contributed by atoms with van der Waals surface area (Å²) in [5.74, 6) is -0.0517. The molecule has 0 saturated heterocycles. The van der Waals surface area contributed by atoms with E-state index in [1.807, 2.05) is 25.1 Å². The topological polar surface area (TPSA) is 65.7 Å². The van der Waals surface area contributed by atoms with E-state index in [1.54, 1.807) is 25.1 Å². The number of furan rings is 1. The second-order valence-corrected chi connectivity index (χ2v) is 8.70. The first-order valence-corrected chi connectivity index (χ1v) is 12.0. The Labute approximate surface area is 209 Å². The second-order valence-electron chi connectivity index (χ2n) is 8.70. The van der Waals surface area contributed by atoms with Crippen LogP contribution in [0.15, 0.2) is 52.9 Å². The number of ketones is 1. The average Bonchev–Trinajstić information content (AvgIpc) is 3.26. The standard InChI is InChI=1S/C30H29FO5/c1-6-8-19-14-27-23(28(25(32)7-2)29(36-27)18-9-11-20(31)12-10-18)16-22(19)21-15-24(30(33)35-5)26(34-4)13-17(21)3/h9-16H,6-8H2,1-5H3. The van der Waals surface area contributed by atoms with Crippen LogP contribution in [0.4, 0.5) is 4.39 Å². The molecule has 0 spiro atoms. The zero-order chi connectivity index (χ0) is 26.0. The lowest BCUT2D eigenvalue weighted by Crippen LogP contribution is -2.06. The van der Waals surface area contributed by atoms with Crippen LogP contribution in [0.2, 0.25) is 0 Å². The van der Waals surface area contributed by atoms with Gasteiger partial charge < -0.3 is 13.9 Å². The highest BCUT2D eigenvalue weighted by Gasteiger charge is 2.24. The lowest BCUT2D eigenvalue weighted by molar-refractivity contribution is 0.0597. The van der Waals surface area contributed by atoms with Crippen molar-refractivity contribution in [2.45, 2.75) is 40.0 Å². The summed E-state index contributed by atoms with van der Waals surface area (Å²) < 4.78 is 30.2. The minimum absolute atomic E-state index is 0.0658. The molecule has 0 saturated carbocycles. The van der Waals surface area contributed by atoms with Crippen molar-refractivity contribution in [2.75, 3.05) is 14.2 Å². The molecular formula is C30H29FO5. The summed E-state index contributed by atoms with van der Waals surface area (Å²) >= 11 is 0. The maximum atomic E-state index is 13.6. The molecule has 1 aromatic heterocycles. The van der Waals surface area contributed by atoms with Crippen LogP contribution in [0.1, 0.15) is 58.5 Å². The molecule has 0 aliphatic heterocycles. The number of carbonyl (C=O) groups is 2. The van der Waals surface area contributed by atoms with Crippen LogP contribution in [0, 0.1) is 12.7 Å². The fraction of sp³-hybridized carbons (Fsp3) is 0.267. The Balaban J connectivity index is 2.04. The van der Waals surface area contributed by atoms with Crippen molar-refractivity contribution in [2.24, 2.45) is 0 Å². The van der Waals surface area contributed by atoms with E-state index in [4.69, 9.17) is 13.9 Å². The predicted octanol–water partition coefficient (Wildman–Crippen LogP) is 7.55. The molecule has 0 unspecified atom stereocenters. The van der Waals surface area contributed by atoms with Gasteiger partial charge in [-0.05, 0) is 84.1 Å². The van der Waals surface area contributed by atoms with E-state index >= 15 is 0 Å². The molecule has 0 fully saturated rings. The molecule has 4 aromatic rings. The molecule has 36 heavy (non-hydrogen) atoms. The molecular weight excluding hydrogens is 459 g/mol. The number of Topliss-reactive ketones (excluding diaryl/α,β-unsaturated/α-hetero) is 1. The number of carbonyl (C=O) groups excluding carboxylic acids is 2.